The first kappa shape index (κ1) is 46.0. The van der Waals surface area contributed by atoms with Crippen LogP contribution in [0.2, 0.25) is 0 Å². The van der Waals surface area contributed by atoms with Gasteiger partial charge >= 0.3 is 35.1 Å². The Hall–Kier alpha value is -4.50. The molecule has 4 aromatic rings. The molecule has 0 amide bonds. The van der Waals surface area contributed by atoms with Gasteiger partial charge in [-0.3, -0.25) is 18.9 Å². The molecule has 1 fully saturated rings. The molecule has 0 radical (unpaired) electrons. The summed E-state index contributed by atoms with van der Waals surface area (Å²) in [5.74, 6) is 0.198. The zero-order chi connectivity index (χ0) is 44.1. The molecule has 7 N–H and O–H groups in total. The number of phenols is 1. The predicted octanol–water partition coefficient (Wildman–Crippen LogP) is 3.94. The molecule has 1 saturated heterocycles. The monoisotopic (exact) mass is 914 g/mol. The average Bonchev–Trinajstić information content (AvgIpc) is 3.48. The van der Waals surface area contributed by atoms with Crippen LogP contribution in [0.4, 0.5) is 0 Å². The van der Waals surface area contributed by atoms with E-state index < -0.39 is 77.8 Å². The molecule has 3 unspecified atom stereocenters. The minimum absolute atomic E-state index is 0.0199. The highest BCUT2D eigenvalue weighted by molar-refractivity contribution is 7.66. The normalized spacial score (nSPS) is 21.6. The van der Waals surface area contributed by atoms with E-state index in [1.807, 2.05) is 23.2 Å². The number of H-pyrrole nitrogens is 1. The van der Waals surface area contributed by atoms with Crippen LogP contribution < -0.4 is 20.7 Å². The van der Waals surface area contributed by atoms with Crippen molar-refractivity contribution < 1.29 is 85.1 Å². The number of aromatic hydroxyl groups is 1. The Labute approximate surface area is 345 Å². The molecule has 0 spiro atoms. The maximum absolute atomic E-state index is 13.0. The fourth-order valence-electron chi connectivity index (χ4n) is 6.73. The molecule has 1 aromatic heterocycles. The first-order chi connectivity index (χ1) is 28.9. The molecule has 61 heavy (non-hydrogen) atoms. The van der Waals surface area contributed by atoms with Crippen molar-refractivity contribution in [2.45, 2.75) is 56.6 Å². The number of phenolic OH excluding ortho intramolecular Hbond substituents is 1. The third kappa shape index (κ3) is 11.5. The number of fused-ring (bicyclic) bond motifs is 2. The van der Waals surface area contributed by atoms with E-state index in [4.69, 9.17) is 33.5 Å². The summed E-state index contributed by atoms with van der Waals surface area (Å²) in [7, 11) is -17.1. The molecule has 3 heterocycles. The number of rotatable bonds is 19. The number of carbonyl (C=O) groups excluding carboxylic acids is 1. The largest absolute Gasteiger partial charge is 0.508 e. The highest BCUT2D eigenvalue weighted by atomic mass is 31.3. The van der Waals surface area contributed by atoms with Crippen LogP contribution in [0.5, 0.6) is 23.0 Å². The van der Waals surface area contributed by atoms with Gasteiger partial charge in [-0.05, 0) is 49.9 Å². The molecule has 0 saturated carbocycles. The number of para-hydroxylation sites is 1. The second kappa shape index (κ2) is 19.3. The van der Waals surface area contributed by atoms with Crippen LogP contribution in [0, 0.1) is 0 Å². The number of nitrogens with zero attached hydrogens (tertiary/aromatic N) is 1. The Bertz CT molecular complexity index is 2490. The quantitative estimate of drug-likeness (QED) is 0.0350. The van der Waals surface area contributed by atoms with Gasteiger partial charge in [0.1, 0.15) is 29.8 Å². The summed E-state index contributed by atoms with van der Waals surface area (Å²) in [6.07, 6.45) is -3.54. The lowest BCUT2D eigenvalue weighted by Gasteiger charge is -2.30. The highest BCUT2D eigenvalue weighted by Crippen LogP contribution is 2.66. The Morgan fingerprint density at radius 1 is 0.869 bits per heavy atom. The van der Waals surface area contributed by atoms with E-state index in [9.17, 15) is 48.1 Å². The lowest BCUT2D eigenvalue weighted by molar-refractivity contribution is -0.0747. The van der Waals surface area contributed by atoms with Gasteiger partial charge in [-0.1, -0.05) is 36.4 Å². The maximum atomic E-state index is 13.0. The van der Waals surface area contributed by atoms with E-state index in [2.05, 4.69) is 13.1 Å². The minimum Gasteiger partial charge on any atom is -0.508 e. The van der Waals surface area contributed by atoms with Crippen LogP contribution in [0.15, 0.2) is 82.5 Å². The van der Waals surface area contributed by atoms with E-state index in [0.717, 1.165) is 28.0 Å². The zero-order valence-electron chi connectivity index (χ0n) is 32.0. The number of carbonyl (C=O) groups is 1. The van der Waals surface area contributed by atoms with E-state index in [1.54, 1.807) is 37.3 Å². The average molecular weight is 915 g/mol. The lowest BCUT2D eigenvalue weighted by atomic mass is 9.80. The maximum Gasteiger partial charge on any atom is 0.490 e. The Balaban J connectivity index is 1.09. The summed E-state index contributed by atoms with van der Waals surface area (Å²) in [5.41, 5.74) is 0.790. The third-order valence-electron chi connectivity index (χ3n) is 9.22. The molecule has 2 aliphatic heterocycles. The van der Waals surface area contributed by atoms with Gasteiger partial charge in [0.2, 0.25) is 0 Å². The smallest absolute Gasteiger partial charge is 0.490 e. The highest BCUT2D eigenvalue weighted by Gasteiger charge is 2.48. The fourth-order valence-corrected chi connectivity index (χ4v) is 9.76. The summed E-state index contributed by atoms with van der Waals surface area (Å²) >= 11 is 0. The van der Waals surface area contributed by atoms with Crippen LogP contribution >= 0.6 is 23.5 Å². The summed E-state index contributed by atoms with van der Waals surface area (Å²) in [5, 5.41) is 21.4. The first-order valence-corrected chi connectivity index (χ1v) is 23.0. The number of hydrogen-bond acceptors (Lipinski definition) is 16. The van der Waals surface area contributed by atoms with Crippen LogP contribution in [0.1, 0.15) is 65.4 Å². The van der Waals surface area contributed by atoms with Crippen molar-refractivity contribution in [1.82, 2.24) is 9.55 Å². The predicted molar refractivity (Wildman–Crippen MR) is 208 cm³/mol. The number of aliphatic hydroxyl groups excluding tert-OH is 1. The van der Waals surface area contributed by atoms with Crippen molar-refractivity contribution in [3.8, 4) is 23.0 Å². The first-order valence-electron chi connectivity index (χ1n) is 18.4. The van der Waals surface area contributed by atoms with Crippen molar-refractivity contribution in [3.63, 3.8) is 0 Å². The summed E-state index contributed by atoms with van der Waals surface area (Å²) in [6, 6.07) is 18.2. The number of unbranched alkanes of at least 4 members (excludes halogenated alkanes) is 2. The van der Waals surface area contributed by atoms with E-state index >= 15 is 0 Å². The van der Waals surface area contributed by atoms with E-state index in [0.29, 0.717) is 47.6 Å². The molecule has 0 bridgehead atoms. The third-order valence-corrected chi connectivity index (χ3v) is 13.0. The fraction of sp³-hybridized carbons (Fsp3) is 0.361. The number of aliphatic hydroxyl groups is 1. The van der Waals surface area contributed by atoms with Crippen molar-refractivity contribution in [1.29, 1.82) is 0 Å². The van der Waals surface area contributed by atoms with Crippen molar-refractivity contribution in [3.05, 3.63) is 116 Å². The number of esters is 1. The molecule has 0 aliphatic carbocycles. The van der Waals surface area contributed by atoms with Gasteiger partial charge in [0.25, 0.3) is 5.56 Å². The molecular weight excluding hydrogens is 873 g/mol. The lowest BCUT2D eigenvalue weighted by Crippen LogP contribution is -2.39. The Morgan fingerprint density at radius 2 is 1.61 bits per heavy atom. The minimum atomic E-state index is -5.83. The summed E-state index contributed by atoms with van der Waals surface area (Å²) in [4.78, 5) is 76.2. The molecular formula is C36H41N2O20P3. The van der Waals surface area contributed by atoms with Crippen molar-refractivity contribution in [2.24, 2.45) is 0 Å². The molecule has 22 nitrogen and oxygen atoms in total. The van der Waals surface area contributed by atoms with Crippen LogP contribution in [-0.2, 0) is 41.1 Å². The summed E-state index contributed by atoms with van der Waals surface area (Å²) in [6.45, 7) is 1.07. The number of phosphoric ester groups is 1. The molecule has 2 aliphatic rings. The topological polar surface area (TPSA) is 318 Å². The number of nitrogens with one attached hydrogen (secondary N) is 1. The van der Waals surface area contributed by atoms with Gasteiger partial charge in [-0.25, -0.2) is 23.3 Å². The Kier molecular flexibility index (Phi) is 14.5. The van der Waals surface area contributed by atoms with E-state index in [-0.39, 0.29) is 25.6 Å². The number of aromatic nitrogens is 2. The van der Waals surface area contributed by atoms with Crippen LogP contribution in [0.3, 0.4) is 0 Å². The van der Waals surface area contributed by atoms with Crippen molar-refractivity contribution in [2.75, 3.05) is 26.4 Å². The number of hydrogen-bond donors (Lipinski definition) is 7. The number of aromatic amines is 1. The zero-order valence-corrected chi connectivity index (χ0v) is 34.6. The van der Waals surface area contributed by atoms with Gasteiger partial charge in [-0.15, -0.1) is 0 Å². The van der Waals surface area contributed by atoms with E-state index in [1.165, 1.54) is 12.1 Å². The van der Waals surface area contributed by atoms with Gasteiger partial charge in [-0.2, -0.15) is 8.62 Å². The second-order valence-corrected chi connectivity index (χ2v) is 17.9. The Morgan fingerprint density at radius 3 is 2.34 bits per heavy atom. The summed E-state index contributed by atoms with van der Waals surface area (Å²) < 4.78 is 77.2. The van der Waals surface area contributed by atoms with Gasteiger partial charge in [0, 0.05) is 42.0 Å². The van der Waals surface area contributed by atoms with Crippen LogP contribution in [-0.4, -0.2) is 90.0 Å². The molecule has 25 heteroatoms. The van der Waals surface area contributed by atoms with Gasteiger partial charge in [0.05, 0.1) is 25.4 Å². The van der Waals surface area contributed by atoms with Gasteiger partial charge < -0.3 is 53.5 Å². The van der Waals surface area contributed by atoms with Crippen molar-refractivity contribution >= 4 is 29.4 Å². The SMILES string of the molecule is CCOC(=O)c1ccccc1C1c2ccc(O)cc2Oc2c(OCCCCCO[C@@H]3[C@H](O)[C@@H](COP(=O)(O)OP(=O)(O)OP(=O)(O)O)O[C@H]3n3ccc(=O)[nH]c3=O)cccc21. The second-order valence-electron chi connectivity index (χ2n) is 13.4. The molecule has 7 atom stereocenters. The molecule has 6 rings (SSSR count). The molecule has 330 valence electrons. The number of benzene rings is 3. The number of phosphoric acid groups is 3. The van der Waals surface area contributed by atoms with Crippen LogP contribution in [0.25, 0.3) is 0 Å². The number of ether oxygens (including phenoxy) is 5. The van der Waals surface area contributed by atoms with Gasteiger partial charge in [0.15, 0.2) is 17.7 Å². The molecule has 3 aromatic carbocycles. The standard InChI is InChI=1S/C36H41N2O20P3/c1-2-51-35(42)23-10-5-4-9-22(23)30-24-14-13-21(39)19-27(24)55-32-25(30)11-8-12-26(32)52-17-6-3-7-18-53-33-31(41)28(56-34(33)38-16-15-29(40)37-36(38)43)20-54-60(47,48)58-61(49,50)57-59(44,45)46/h4-5,8-16,19,28,30-31,33-34,39,41H,2-3,6-7,17-18,20H2,1H3,(H,47,48)(H,49,50)(H,37,40,43)(H2,44,45,46)/t28-,30?,31-,33-,34-/m1/s1.